The van der Waals surface area contributed by atoms with E-state index < -0.39 is 11.2 Å². The lowest BCUT2D eigenvalue weighted by molar-refractivity contribution is 0.101. The second kappa shape index (κ2) is 4.50. The fourth-order valence-corrected chi connectivity index (χ4v) is 3.65. The molecule has 2 N–H and O–H groups in total. The summed E-state index contributed by atoms with van der Waals surface area (Å²) in [6.07, 6.45) is 1.31. The van der Waals surface area contributed by atoms with E-state index in [1.807, 2.05) is 0 Å². The molecular weight excluding hydrogens is 326 g/mol. The molecular formula is C18H15NO6. The van der Waals surface area contributed by atoms with Crippen LogP contribution in [0.4, 0.5) is 0 Å². The van der Waals surface area contributed by atoms with Gasteiger partial charge in [0.1, 0.15) is 34.0 Å². The maximum atomic E-state index is 12.4. The van der Waals surface area contributed by atoms with Crippen molar-refractivity contribution in [3.63, 3.8) is 0 Å². The molecule has 0 unspecified atom stereocenters. The molecule has 2 aromatic rings. The lowest BCUT2D eigenvalue weighted by Crippen LogP contribution is -2.29. The number of ether oxygens (including phenoxy) is 1. The molecule has 128 valence electrons. The Morgan fingerprint density at radius 2 is 1.92 bits per heavy atom. The van der Waals surface area contributed by atoms with Crippen LogP contribution in [0.5, 0.6) is 17.2 Å². The molecule has 1 aromatic carbocycles. The molecule has 2 heterocycles. The number of allylic oxidation sites excluding steroid dienone is 2. The van der Waals surface area contributed by atoms with Gasteiger partial charge in [-0.2, -0.15) is 0 Å². The zero-order chi connectivity index (χ0) is 18.3. The summed E-state index contributed by atoms with van der Waals surface area (Å²) in [5, 5.41) is 24.9. The molecule has 1 aliphatic carbocycles. The van der Waals surface area contributed by atoms with E-state index in [9.17, 15) is 19.8 Å². The molecule has 7 nitrogen and oxygen atoms in total. The molecule has 4 rings (SSSR count). The third kappa shape index (κ3) is 1.62. The van der Waals surface area contributed by atoms with Crippen LogP contribution in [-0.4, -0.2) is 26.9 Å². The molecule has 0 saturated carbocycles. The number of fused-ring (bicyclic) bond motifs is 5. The predicted octanol–water partition coefficient (Wildman–Crippen LogP) is 2.68. The van der Waals surface area contributed by atoms with E-state index in [-0.39, 0.29) is 51.2 Å². The molecule has 0 spiro atoms. The van der Waals surface area contributed by atoms with Crippen molar-refractivity contribution in [1.29, 1.82) is 0 Å². The summed E-state index contributed by atoms with van der Waals surface area (Å²) in [7, 11) is 0. The first-order chi connectivity index (χ1) is 11.7. The number of benzene rings is 1. The summed E-state index contributed by atoms with van der Waals surface area (Å²) in [6.45, 7) is 6.18. The number of hydrogen-bond acceptors (Lipinski definition) is 7. The number of Topliss-reactive ketones (excluding diaryl/α,β-unsaturated/α-hetero) is 1. The molecule has 0 saturated heterocycles. The number of carbonyl (C=O) groups excluding carboxylic acids is 2. The van der Waals surface area contributed by atoms with Crippen molar-refractivity contribution in [3.05, 3.63) is 45.5 Å². The zero-order valence-corrected chi connectivity index (χ0v) is 14.1. The highest BCUT2D eigenvalue weighted by Gasteiger charge is 2.55. The first-order valence-corrected chi connectivity index (χ1v) is 7.70. The van der Waals surface area contributed by atoms with Gasteiger partial charge in [-0.15, -0.1) is 0 Å². The van der Waals surface area contributed by atoms with E-state index >= 15 is 0 Å². The van der Waals surface area contributed by atoms with E-state index in [1.165, 1.54) is 19.9 Å². The number of hydrogen-bond donors (Lipinski definition) is 2. The van der Waals surface area contributed by atoms with Crippen LogP contribution in [-0.2, 0) is 5.41 Å². The summed E-state index contributed by atoms with van der Waals surface area (Å²) in [6, 6.07) is 0. The first kappa shape index (κ1) is 15.4. The number of nitrogens with zero attached hydrogens (tertiary/aromatic N) is 1. The van der Waals surface area contributed by atoms with Gasteiger partial charge in [0.2, 0.25) is 0 Å². The zero-order valence-electron chi connectivity index (χ0n) is 14.1. The largest absolute Gasteiger partial charge is 0.507 e. The average Bonchev–Trinajstić information content (AvgIpc) is 3.05. The number of rotatable bonds is 1. The second-order valence-electron chi connectivity index (χ2n) is 6.53. The Hall–Kier alpha value is -3.09. The van der Waals surface area contributed by atoms with Gasteiger partial charge < -0.3 is 19.5 Å². The normalized spacial score (nSPS) is 20.5. The van der Waals surface area contributed by atoms with Gasteiger partial charge in [-0.05, 0) is 27.7 Å². The van der Waals surface area contributed by atoms with E-state index in [2.05, 4.69) is 5.16 Å². The monoisotopic (exact) mass is 341 g/mol. The molecule has 0 radical (unpaired) electrons. The number of phenolic OH excluding ortho intramolecular Hbond substituents is 2. The second-order valence-corrected chi connectivity index (χ2v) is 6.53. The van der Waals surface area contributed by atoms with E-state index in [0.29, 0.717) is 11.3 Å². The molecule has 7 heteroatoms. The van der Waals surface area contributed by atoms with E-state index in [1.54, 1.807) is 13.8 Å². The van der Waals surface area contributed by atoms with Gasteiger partial charge in [-0.1, -0.05) is 5.16 Å². The molecule has 1 aliphatic heterocycles. The highest BCUT2D eigenvalue weighted by atomic mass is 16.5. The average molecular weight is 341 g/mol. The van der Waals surface area contributed by atoms with Crippen molar-refractivity contribution in [2.75, 3.05) is 0 Å². The number of carbonyl (C=O) groups is 2. The minimum Gasteiger partial charge on any atom is -0.507 e. The molecule has 25 heavy (non-hydrogen) atoms. The molecule has 0 fully saturated rings. The number of ketones is 2. The van der Waals surface area contributed by atoms with Crippen molar-refractivity contribution in [3.8, 4) is 17.2 Å². The van der Waals surface area contributed by atoms with Gasteiger partial charge in [-0.3, -0.25) is 9.59 Å². The van der Waals surface area contributed by atoms with Gasteiger partial charge in [-0.25, -0.2) is 0 Å². The summed E-state index contributed by atoms with van der Waals surface area (Å²) in [5.74, 6) is -0.778. The predicted molar refractivity (Wildman–Crippen MR) is 85.2 cm³/mol. The summed E-state index contributed by atoms with van der Waals surface area (Å²) in [4.78, 5) is 24.5. The molecule has 1 atom stereocenters. The smallest absolute Gasteiger partial charge is 0.194 e. The van der Waals surface area contributed by atoms with Gasteiger partial charge in [0, 0.05) is 11.6 Å². The number of aromatic nitrogens is 1. The van der Waals surface area contributed by atoms with Crippen molar-refractivity contribution >= 4 is 11.6 Å². The fraction of sp³-hybridized carbons (Fsp3) is 0.278. The van der Waals surface area contributed by atoms with Crippen molar-refractivity contribution in [2.24, 2.45) is 0 Å². The van der Waals surface area contributed by atoms with Gasteiger partial charge in [0.05, 0.1) is 16.8 Å². The lowest BCUT2D eigenvalue weighted by Gasteiger charge is -2.26. The Morgan fingerprint density at radius 3 is 2.56 bits per heavy atom. The van der Waals surface area contributed by atoms with Crippen LogP contribution in [0.25, 0.3) is 0 Å². The van der Waals surface area contributed by atoms with Crippen LogP contribution in [0.1, 0.15) is 57.1 Å². The third-order valence-corrected chi connectivity index (χ3v) is 5.02. The highest BCUT2D eigenvalue weighted by Crippen LogP contribution is 2.59. The van der Waals surface area contributed by atoms with Gasteiger partial charge >= 0.3 is 0 Å². The maximum Gasteiger partial charge on any atom is 0.194 e. The van der Waals surface area contributed by atoms with Crippen molar-refractivity contribution < 1.29 is 29.1 Å². The summed E-state index contributed by atoms with van der Waals surface area (Å²) >= 11 is 0. The number of phenols is 2. The van der Waals surface area contributed by atoms with Gasteiger partial charge in [0.25, 0.3) is 0 Å². The lowest BCUT2D eigenvalue weighted by atomic mass is 9.73. The molecule has 1 aromatic heterocycles. The van der Waals surface area contributed by atoms with Crippen molar-refractivity contribution in [1.82, 2.24) is 5.16 Å². The molecule has 0 amide bonds. The molecule has 2 aliphatic rings. The first-order valence-electron chi connectivity index (χ1n) is 7.70. The Kier molecular flexibility index (Phi) is 2.78. The quantitative estimate of drug-likeness (QED) is 0.767. The standard InChI is InChI=1S/C18H15NO6/c1-6-14(22)12(8(3)20)16-13(15(6)23)18(4)10(24-16)5-9(21)11-7(2)19-25-17(11)18/h5,22-23H,1-4H3/t18-/m1/s1. The topological polar surface area (TPSA) is 110 Å². The minimum atomic E-state index is -1.12. The maximum absolute atomic E-state index is 12.4. The van der Waals surface area contributed by atoms with Crippen LogP contribution >= 0.6 is 0 Å². The Labute approximate surface area is 142 Å². The minimum absolute atomic E-state index is 0.0351. The van der Waals surface area contributed by atoms with Gasteiger partial charge in [0.15, 0.2) is 17.3 Å². The Morgan fingerprint density at radius 1 is 1.24 bits per heavy atom. The van der Waals surface area contributed by atoms with Crippen LogP contribution < -0.4 is 4.74 Å². The molecule has 0 bridgehead atoms. The van der Waals surface area contributed by atoms with Crippen LogP contribution in [0, 0.1) is 13.8 Å². The highest BCUT2D eigenvalue weighted by molar-refractivity contribution is 6.09. The van der Waals surface area contributed by atoms with E-state index in [0.717, 1.165) is 0 Å². The summed E-state index contributed by atoms with van der Waals surface area (Å²) < 4.78 is 11.2. The number of aromatic hydroxyl groups is 2. The SMILES string of the molecule is CC(=O)c1c(O)c(C)c(O)c2c1OC1=CC(=O)c3c(C)noc3[C@]12C. The van der Waals surface area contributed by atoms with E-state index in [4.69, 9.17) is 9.26 Å². The van der Waals surface area contributed by atoms with Crippen LogP contribution in [0.3, 0.4) is 0 Å². The van der Waals surface area contributed by atoms with Crippen LogP contribution in [0.2, 0.25) is 0 Å². The fourth-order valence-electron chi connectivity index (χ4n) is 3.65. The Balaban J connectivity index is 2.16. The van der Waals surface area contributed by atoms with Crippen molar-refractivity contribution in [2.45, 2.75) is 33.1 Å². The summed E-state index contributed by atoms with van der Waals surface area (Å²) in [5.41, 5.74) is 0.0388. The number of aryl methyl sites for hydroxylation is 1. The third-order valence-electron chi connectivity index (χ3n) is 5.02. The Bertz CT molecular complexity index is 1030. The van der Waals surface area contributed by atoms with Crippen LogP contribution in [0.15, 0.2) is 16.4 Å².